The molecule has 0 saturated heterocycles. The van der Waals surface area contributed by atoms with Crippen molar-refractivity contribution in [1.29, 1.82) is 0 Å². The first-order valence-corrected chi connectivity index (χ1v) is 25.8. The average Bonchev–Trinajstić information content (AvgIpc) is 3.88. The van der Waals surface area contributed by atoms with Crippen molar-refractivity contribution >= 4 is 56.0 Å². The Bertz CT molecular complexity index is 1740. The molecule has 2 fully saturated rings. The van der Waals surface area contributed by atoms with E-state index in [0.717, 1.165) is 0 Å². The van der Waals surface area contributed by atoms with Crippen LogP contribution in [0.4, 0.5) is 0 Å². The summed E-state index contributed by atoms with van der Waals surface area (Å²) in [6.45, 7) is 9.44. The van der Waals surface area contributed by atoms with Crippen LogP contribution in [0.3, 0.4) is 0 Å². The fourth-order valence-electron chi connectivity index (χ4n) is 9.08. The van der Waals surface area contributed by atoms with Crippen molar-refractivity contribution in [3.8, 4) is 11.1 Å². The molecule has 2 aromatic rings. The fourth-order valence-corrected chi connectivity index (χ4v) is 28.1. The zero-order valence-electron chi connectivity index (χ0n) is 30.4. The summed E-state index contributed by atoms with van der Waals surface area (Å²) in [7, 11) is 0. The molecule has 0 spiro atoms. The third-order valence-corrected chi connectivity index (χ3v) is 28.9. The van der Waals surface area contributed by atoms with Crippen LogP contribution in [0.5, 0.6) is 0 Å². The van der Waals surface area contributed by atoms with Gasteiger partial charge < -0.3 is 0 Å². The van der Waals surface area contributed by atoms with Crippen molar-refractivity contribution in [2.45, 2.75) is 108 Å². The second-order valence-corrected chi connectivity index (χ2v) is 27.9. The summed E-state index contributed by atoms with van der Waals surface area (Å²) in [5.74, 6) is 0.705. The molecule has 0 heterocycles. The zero-order chi connectivity index (χ0) is 31.6. The summed E-state index contributed by atoms with van der Waals surface area (Å²) in [5, 5.41) is 0. The van der Waals surface area contributed by atoms with Crippen molar-refractivity contribution < 1.29 is 42.5 Å². The molecule has 0 amide bonds. The van der Waals surface area contributed by atoms with E-state index in [-0.39, 0.29) is 49.6 Å². The van der Waals surface area contributed by atoms with Gasteiger partial charge in [0.1, 0.15) is 0 Å². The van der Waals surface area contributed by atoms with Crippen LogP contribution in [-0.2, 0) is 42.5 Å². The van der Waals surface area contributed by atoms with Crippen LogP contribution in [0.2, 0.25) is 0 Å². The molecule has 2 saturated carbocycles. The monoisotopic (exact) mass is 904 g/mol. The van der Waals surface area contributed by atoms with Gasteiger partial charge in [0.25, 0.3) is 0 Å². The van der Waals surface area contributed by atoms with Gasteiger partial charge in [0.05, 0.1) is 0 Å². The fraction of sp³-hybridized carbons (Fsp3) is 0.409. The number of benzene rings is 2. The number of rotatable bonds is 4. The molecule has 0 nitrogen and oxygen atoms in total. The molecule has 8 rings (SSSR count). The molecule has 6 heteroatoms. The number of hydrogen-bond acceptors (Lipinski definition) is 0. The van der Waals surface area contributed by atoms with E-state index >= 15 is 0 Å². The van der Waals surface area contributed by atoms with Gasteiger partial charge in [0.2, 0.25) is 0 Å². The molecule has 0 bridgehead atoms. The summed E-state index contributed by atoms with van der Waals surface area (Å²) in [4.78, 5) is 0. The van der Waals surface area contributed by atoms with Crippen molar-refractivity contribution in [1.82, 2.24) is 0 Å². The summed E-state index contributed by atoms with van der Waals surface area (Å²) in [6.07, 6.45) is 31.5. The Morgan fingerprint density at radius 2 is 1.20 bits per heavy atom. The molecule has 268 valence electrons. The number of hydrogen-bond donors (Lipinski definition) is 0. The van der Waals surface area contributed by atoms with E-state index in [1.54, 1.807) is 27.8 Å². The van der Waals surface area contributed by atoms with Gasteiger partial charge in [-0.05, 0) is 0 Å². The van der Waals surface area contributed by atoms with Gasteiger partial charge >= 0.3 is 297 Å². The molecule has 1 unspecified atom stereocenters. The van der Waals surface area contributed by atoms with Crippen LogP contribution in [0.25, 0.3) is 11.1 Å². The molecule has 0 N–H and O–H groups in total. The second-order valence-electron chi connectivity index (χ2n) is 14.6. The van der Waals surface area contributed by atoms with Crippen LogP contribution in [0.15, 0.2) is 112 Å². The summed E-state index contributed by atoms with van der Waals surface area (Å²) in [5.41, 5.74) is 11.0. The van der Waals surface area contributed by atoms with E-state index in [1.165, 1.54) is 88.2 Å². The Labute approximate surface area is 343 Å². The Hall–Kier alpha value is -0.454. The number of halogens is 4. The summed E-state index contributed by atoms with van der Waals surface area (Å²) < 4.78 is 10.3. The Balaban J connectivity index is 0.000000254. The molecule has 2 aromatic carbocycles. The largest absolute Gasteiger partial charge is 0.147 e. The second kappa shape index (κ2) is 20.3. The van der Waals surface area contributed by atoms with Crippen molar-refractivity contribution in [2.75, 3.05) is 0 Å². The first-order chi connectivity index (χ1) is 22.5. The molecule has 50 heavy (non-hydrogen) atoms. The molecule has 6 aliphatic rings. The standard InChI is InChI=1S/C13H9.2C7H9.2C6H10.C5H5.4ClH.2Zr/c1-3-7-12-10(5-1)9-11-6-2-4-8-13(11)12;1-6-3-4-7(2)5-6;1-6-4-3-5-7(6)2;2*1-2-4-6-5-3-1;1-2-4-5-3-1;;;;;;/h1-9H;3-4,6H,1-2H3;4H,5H2,1-2H3;2*1-5H2;1-3H,4H2;4*1H;;. The van der Waals surface area contributed by atoms with Crippen molar-refractivity contribution in [3.63, 3.8) is 0 Å². The third-order valence-electron chi connectivity index (χ3n) is 11.5. The predicted molar refractivity (Wildman–Crippen MR) is 223 cm³/mol. The third kappa shape index (κ3) is 9.25. The molecule has 0 aromatic heterocycles. The minimum Gasteiger partial charge on any atom is -0.147 e. The normalized spacial score (nSPS) is 20.4. The maximum Gasteiger partial charge on any atom is -0.147 e. The SMILES string of the molecule is C1=CC[C]([Zr](=[C]2CCCCC2)[CH]2c3ccccc3-c3ccccc32)=C1.CC1=C(C)C[C]([Zr]([C]2=C(C)C=CC2C)=[C]2CCCCC2)=C1.Cl.Cl.Cl.Cl. The molecule has 0 radical (unpaired) electrons. The van der Waals surface area contributed by atoms with Gasteiger partial charge in [-0.1, -0.05) is 0 Å². The summed E-state index contributed by atoms with van der Waals surface area (Å²) >= 11 is -3.67. The van der Waals surface area contributed by atoms with Gasteiger partial charge in [-0.3, -0.25) is 0 Å². The van der Waals surface area contributed by atoms with E-state index in [1.807, 2.05) is 16.3 Å². The molecular weight excluding hydrogens is 853 g/mol. The van der Waals surface area contributed by atoms with Gasteiger partial charge in [0.15, 0.2) is 0 Å². The Morgan fingerprint density at radius 1 is 0.640 bits per heavy atom. The smallest absolute Gasteiger partial charge is 0.147 e. The quantitative estimate of drug-likeness (QED) is 0.287. The first kappa shape index (κ1) is 43.9. The molecule has 1 atom stereocenters. The minimum atomic E-state index is -1.91. The number of allylic oxidation sites excluding steroid dienone is 12. The van der Waals surface area contributed by atoms with E-state index in [4.69, 9.17) is 0 Å². The van der Waals surface area contributed by atoms with Crippen molar-refractivity contribution in [3.05, 3.63) is 123 Å². The van der Waals surface area contributed by atoms with Crippen LogP contribution in [0.1, 0.15) is 119 Å². The first-order valence-electron chi connectivity index (χ1n) is 18.3. The average molecular weight is 909 g/mol. The minimum absolute atomic E-state index is 0. The van der Waals surface area contributed by atoms with E-state index in [0.29, 0.717) is 9.54 Å². The maximum atomic E-state index is 2.58. The van der Waals surface area contributed by atoms with Gasteiger partial charge in [-0.15, -0.1) is 49.6 Å². The van der Waals surface area contributed by atoms with Crippen LogP contribution in [-0.4, -0.2) is 6.41 Å². The van der Waals surface area contributed by atoms with Crippen molar-refractivity contribution in [2.24, 2.45) is 5.92 Å². The van der Waals surface area contributed by atoms with Gasteiger partial charge in [-0.2, -0.15) is 0 Å². The summed E-state index contributed by atoms with van der Waals surface area (Å²) in [6, 6.07) is 18.5. The van der Waals surface area contributed by atoms with E-state index in [2.05, 4.69) is 113 Å². The van der Waals surface area contributed by atoms with Crippen LogP contribution >= 0.6 is 49.6 Å². The van der Waals surface area contributed by atoms with E-state index < -0.39 is 42.5 Å². The maximum absolute atomic E-state index is 2.58. The van der Waals surface area contributed by atoms with Gasteiger partial charge in [-0.25, -0.2) is 0 Å². The molecular formula is C44H56Cl4Zr2. The number of fused-ring (bicyclic) bond motifs is 3. The molecule has 0 aliphatic heterocycles. The zero-order valence-corrected chi connectivity index (χ0v) is 38.5. The predicted octanol–water partition coefficient (Wildman–Crippen LogP) is 13.9. The topological polar surface area (TPSA) is 0 Å². The molecule has 6 aliphatic carbocycles. The van der Waals surface area contributed by atoms with Crippen LogP contribution < -0.4 is 0 Å². The Morgan fingerprint density at radius 3 is 1.68 bits per heavy atom. The van der Waals surface area contributed by atoms with E-state index in [9.17, 15) is 0 Å². The Kier molecular flexibility index (Phi) is 17.8. The van der Waals surface area contributed by atoms with Crippen LogP contribution in [0, 0.1) is 5.92 Å². The van der Waals surface area contributed by atoms with Gasteiger partial charge in [0, 0.05) is 0 Å².